The van der Waals surface area contributed by atoms with E-state index in [1.165, 1.54) is 22.2 Å². The van der Waals surface area contributed by atoms with Crippen LogP contribution in [0.5, 0.6) is 0 Å². The van der Waals surface area contributed by atoms with Crippen molar-refractivity contribution >= 4 is 17.7 Å². The summed E-state index contributed by atoms with van der Waals surface area (Å²) < 4.78 is 1.71. The topological polar surface area (TPSA) is 68.4 Å². The first kappa shape index (κ1) is 20.6. The molecule has 2 aromatic carbocycles. The van der Waals surface area contributed by atoms with E-state index in [4.69, 9.17) is 0 Å². The van der Waals surface area contributed by atoms with Gasteiger partial charge in [0.15, 0.2) is 0 Å². The van der Waals surface area contributed by atoms with Gasteiger partial charge in [0.1, 0.15) is 6.04 Å². The van der Waals surface area contributed by atoms with Crippen LogP contribution in [0.2, 0.25) is 0 Å². The maximum Gasteiger partial charge on any atom is 0.233 e. The standard InChI is InChI=1S/C22H26N6OS/c1-17-8-6-7-11-20(17)28-22(23-24-25-28)30-16-21(29)27-14-12-26(13-15-27)18(2)19-9-4-3-5-10-19/h3-11,18H,12-16H2,1-2H3/p+1/t18-/m0/s1. The van der Waals surface area contributed by atoms with Crippen molar-refractivity contribution in [2.24, 2.45) is 0 Å². The number of hydrogen-bond acceptors (Lipinski definition) is 5. The SMILES string of the molecule is Cc1ccccc1-n1nnnc1SCC(=O)N1CC[NH+]([C@@H](C)c2ccccc2)CC1. The van der Waals surface area contributed by atoms with Crippen LogP contribution in [0.4, 0.5) is 0 Å². The maximum absolute atomic E-state index is 12.8. The van der Waals surface area contributed by atoms with Gasteiger partial charge in [-0.25, -0.2) is 0 Å². The van der Waals surface area contributed by atoms with Gasteiger partial charge in [0, 0.05) is 5.56 Å². The Morgan fingerprint density at radius 3 is 2.53 bits per heavy atom. The molecule has 0 unspecified atom stereocenters. The molecular weight excluding hydrogens is 396 g/mol. The van der Waals surface area contributed by atoms with Crippen molar-refractivity contribution in [3.63, 3.8) is 0 Å². The molecule has 0 spiro atoms. The van der Waals surface area contributed by atoms with E-state index in [2.05, 4.69) is 52.8 Å². The Labute approximate surface area is 181 Å². The number of amides is 1. The van der Waals surface area contributed by atoms with E-state index in [0.717, 1.165) is 37.4 Å². The lowest BCUT2D eigenvalue weighted by Gasteiger charge is -2.35. The van der Waals surface area contributed by atoms with Gasteiger partial charge in [-0.2, -0.15) is 4.68 Å². The van der Waals surface area contributed by atoms with E-state index < -0.39 is 0 Å². The number of rotatable bonds is 6. The molecular formula is C22H27N6OS+. The molecule has 1 saturated heterocycles. The number of nitrogens with one attached hydrogen (secondary N) is 1. The molecule has 0 saturated carbocycles. The molecule has 156 valence electrons. The lowest BCUT2D eigenvalue weighted by atomic mass is 10.1. The normalized spacial score (nSPS) is 15.9. The third-order valence-corrected chi connectivity index (χ3v) is 6.68. The first-order valence-corrected chi connectivity index (χ1v) is 11.3. The summed E-state index contributed by atoms with van der Waals surface area (Å²) in [5, 5.41) is 12.7. The fraction of sp³-hybridized carbons (Fsp3) is 0.364. The number of carbonyl (C=O) groups excluding carboxylic acids is 1. The molecule has 2 heterocycles. The molecule has 1 fully saturated rings. The van der Waals surface area contributed by atoms with E-state index >= 15 is 0 Å². The summed E-state index contributed by atoms with van der Waals surface area (Å²) in [4.78, 5) is 16.3. The second-order valence-corrected chi connectivity index (χ2v) is 8.56. The number of nitrogens with zero attached hydrogens (tertiary/aromatic N) is 5. The van der Waals surface area contributed by atoms with Gasteiger partial charge in [-0.1, -0.05) is 60.3 Å². The Morgan fingerprint density at radius 1 is 1.10 bits per heavy atom. The van der Waals surface area contributed by atoms with Gasteiger partial charge in [0.25, 0.3) is 0 Å². The zero-order valence-electron chi connectivity index (χ0n) is 17.4. The van der Waals surface area contributed by atoms with Crippen LogP contribution in [-0.2, 0) is 4.79 Å². The highest BCUT2D eigenvalue weighted by Crippen LogP contribution is 2.20. The van der Waals surface area contributed by atoms with Crippen LogP contribution >= 0.6 is 11.8 Å². The van der Waals surface area contributed by atoms with Crippen molar-refractivity contribution in [3.05, 3.63) is 65.7 Å². The number of aryl methyl sites for hydroxylation is 1. The summed E-state index contributed by atoms with van der Waals surface area (Å²) in [6.45, 7) is 7.79. The number of hydrogen-bond donors (Lipinski definition) is 1. The summed E-state index contributed by atoms with van der Waals surface area (Å²) in [7, 11) is 0. The second kappa shape index (κ2) is 9.40. The first-order valence-electron chi connectivity index (χ1n) is 10.3. The quantitative estimate of drug-likeness (QED) is 0.610. The summed E-state index contributed by atoms with van der Waals surface area (Å²) in [5.74, 6) is 0.487. The molecule has 8 heteroatoms. The Balaban J connectivity index is 1.31. The van der Waals surface area contributed by atoms with Gasteiger partial charge >= 0.3 is 0 Å². The fourth-order valence-corrected chi connectivity index (χ4v) is 4.68. The molecule has 1 aliphatic heterocycles. The van der Waals surface area contributed by atoms with Crippen LogP contribution in [0.3, 0.4) is 0 Å². The van der Waals surface area contributed by atoms with Crippen molar-refractivity contribution in [2.45, 2.75) is 25.0 Å². The lowest BCUT2D eigenvalue weighted by Crippen LogP contribution is -3.14. The number of tetrazole rings is 1. The largest absolute Gasteiger partial charge is 0.331 e. The molecule has 0 aliphatic carbocycles. The Hall–Kier alpha value is -2.71. The molecule has 1 aliphatic rings. The van der Waals surface area contributed by atoms with Gasteiger partial charge in [-0.15, -0.1) is 5.10 Å². The minimum absolute atomic E-state index is 0.144. The van der Waals surface area contributed by atoms with Crippen LogP contribution in [0.25, 0.3) is 5.69 Å². The van der Waals surface area contributed by atoms with Gasteiger partial charge < -0.3 is 9.80 Å². The lowest BCUT2D eigenvalue weighted by molar-refractivity contribution is -0.933. The van der Waals surface area contributed by atoms with E-state index in [-0.39, 0.29) is 5.91 Å². The van der Waals surface area contributed by atoms with E-state index in [9.17, 15) is 4.79 Å². The summed E-state index contributed by atoms with van der Waals surface area (Å²) in [5.41, 5.74) is 3.38. The minimum atomic E-state index is 0.144. The van der Waals surface area contributed by atoms with Crippen LogP contribution in [0.1, 0.15) is 24.1 Å². The third kappa shape index (κ3) is 4.55. The van der Waals surface area contributed by atoms with Crippen molar-refractivity contribution in [1.82, 2.24) is 25.1 Å². The van der Waals surface area contributed by atoms with Crippen LogP contribution in [0.15, 0.2) is 59.8 Å². The molecule has 1 atom stereocenters. The smallest absolute Gasteiger partial charge is 0.233 e. The molecule has 1 aromatic heterocycles. The van der Waals surface area contributed by atoms with Gasteiger partial charge in [-0.05, 0) is 35.9 Å². The summed E-state index contributed by atoms with van der Waals surface area (Å²) in [6, 6.07) is 19.0. The highest BCUT2D eigenvalue weighted by Gasteiger charge is 2.28. The zero-order chi connectivity index (χ0) is 20.9. The number of aromatic nitrogens is 4. The van der Waals surface area contributed by atoms with E-state index in [0.29, 0.717) is 17.0 Å². The van der Waals surface area contributed by atoms with E-state index in [1.807, 2.05) is 36.1 Å². The first-order chi connectivity index (χ1) is 14.6. The van der Waals surface area contributed by atoms with Gasteiger partial charge in [0.05, 0.1) is 37.6 Å². The van der Waals surface area contributed by atoms with Crippen molar-refractivity contribution in [3.8, 4) is 5.69 Å². The van der Waals surface area contributed by atoms with E-state index in [1.54, 1.807) is 4.68 Å². The molecule has 30 heavy (non-hydrogen) atoms. The molecule has 1 amide bonds. The van der Waals surface area contributed by atoms with Crippen molar-refractivity contribution in [2.75, 3.05) is 31.9 Å². The Morgan fingerprint density at radius 2 is 1.80 bits per heavy atom. The predicted molar refractivity (Wildman–Crippen MR) is 117 cm³/mol. The predicted octanol–water partition coefficient (Wildman–Crippen LogP) is 1.55. The summed E-state index contributed by atoms with van der Waals surface area (Å²) >= 11 is 1.39. The number of piperazine rings is 1. The number of benzene rings is 2. The average molecular weight is 424 g/mol. The molecule has 3 aromatic rings. The van der Waals surface area contributed by atoms with Crippen molar-refractivity contribution < 1.29 is 9.69 Å². The molecule has 0 radical (unpaired) electrons. The number of para-hydroxylation sites is 1. The Bertz CT molecular complexity index is 984. The van der Waals surface area contributed by atoms with Crippen LogP contribution in [-0.4, -0.2) is 62.9 Å². The van der Waals surface area contributed by atoms with Crippen LogP contribution < -0.4 is 4.90 Å². The number of carbonyl (C=O) groups is 1. The monoisotopic (exact) mass is 423 g/mol. The zero-order valence-corrected chi connectivity index (χ0v) is 18.2. The highest BCUT2D eigenvalue weighted by atomic mass is 32.2. The van der Waals surface area contributed by atoms with Crippen LogP contribution in [0, 0.1) is 6.92 Å². The van der Waals surface area contributed by atoms with Crippen molar-refractivity contribution in [1.29, 1.82) is 0 Å². The summed E-state index contributed by atoms with van der Waals surface area (Å²) in [6.07, 6.45) is 0. The number of quaternary nitrogens is 1. The second-order valence-electron chi connectivity index (χ2n) is 7.62. The molecule has 4 rings (SSSR count). The third-order valence-electron chi connectivity index (χ3n) is 5.78. The van der Waals surface area contributed by atoms with Gasteiger partial charge in [0.2, 0.25) is 11.1 Å². The minimum Gasteiger partial charge on any atom is -0.331 e. The van der Waals surface area contributed by atoms with Gasteiger partial charge in [-0.3, -0.25) is 4.79 Å². The number of thioether (sulfide) groups is 1. The molecule has 7 nitrogen and oxygen atoms in total. The Kier molecular flexibility index (Phi) is 6.44. The molecule has 0 bridgehead atoms. The highest BCUT2D eigenvalue weighted by molar-refractivity contribution is 7.99. The average Bonchev–Trinajstić information content (AvgIpc) is 3.26. The maximum atomic E-state index is 12.8. The molecule has 1 N–H and O–H groups in total. The fourth-order valence-electron chi connectivity index (χ4n) is 3.89.